The Kier molecular flexibility index (Phi) is 4.80. The second-order valence-electron chi connectivity index (χ2n) is 4.96. The van der Waals surface area contributed by atoms with Crippen molar-refractivity contribution in [3.8, 4) is 0 Å². The molecule has 2 aromatic rings. The summed E-state index contributed by atoms with van der Waals surface area (Å²) >= 11 is 0. The molecule has 0 aliphatic carbocycles. The van der Waals surface area contributed by atoms with Gasteiger partial charge in [0.05, 0.1) is 4.90 Å². The molecule has 2 aromatic carbocycles. The lowest BCUT2D eigenvalue weighted by molar-refractivity contribution is -0.114. The molecule has 0 bridgehead atoms. The van der Waals surface area contributed by atoms with Crippen molar-refractivity contribution in [3.05, 3.63) is 59.7 Å². The minimum Gasteiger partial charge on any atom is -0.326 e. The van der Waals surface area contributed by atoms with Gasteiger partial charge in [0.1, 0.15) is 0 Å². The van der Waals surface area contributed by atoms with E-state index in [1.165, 1.54) is 25.1 Å². The normalized spacial score (nSPS) is 10.9. The molecule has 120 valence electrons. The summed E-state index contributed by atoms with van der Waals surface area (Å²) in [6.07, 6.45) is 0. The Morgan fingerprint density at radius 2 is 1.70 bits per heavy atom. The van der Waals surface area contributed by atoms with Crippen LogP contribution in [-0.2, 0) is 14.8 Å². The second kappa shape index (κ2) is 6.62. The fourth-order valence-electron chi connectivity index (χ4n) is 2.04. The van der Waals surface area contributed by atoms with Gasteiger partial charge in [-0.05, 0) is 36.8 Å². The number of hydrogen-bond donors (Lipinski definition) is 2. The van der Waals surface area contributed by atoms with Crippen LogP contribution in [0, 0.1) is 6.92 Å². The highest BCUT2D eigenvalue weighted by atomic mass is 32.2. The summed E-state index contributed by atoms with van der Waals surface area (Å²) in [5, 5.41) is 2.54. The van der Waals surface area contributed by atoms with Gasteiger partial charge in [-0.25, -0.2) is 13.1 Å². The predicted molar refractivity (Wildman–Crippen MR) is 86.6 cm³/mol. The number of carbonyl (C=O) groups is 2. The van der Waals surface area contributed by atoms with E-state index in [0.717, 1.165) is 0 Å². The van der Waals surface area contributed by atoms with Crippen molar-refractivity contribution < 1.29 is 18.0 Å². The Hall–Kier alpha value is -2.67. The lowest BCUT2D eigenvalue weighted by atomic mass is 10.2. The summed E-state index contributed by atoms with van der Waals surface area (Å²) in [6, 6.07) is 12.4. The van der Waals surface area contributed by atoms with Gasteiger partial charge in [-0.3, -0.25) is 9.59 Å². The van der Waals surface area contributed by atoms with Crippen LogP contribution in [-0.4, -0.2) is 20.2 Å². The van der Waals surface area contributed by atoms with Crippen LogP contribution in [0.5, 0.6) is 0 Å². The first-order valence-electron chi connectivity index (χ1n) is 6.80. The molecule has 7 heteroatoms. The van der Waals surface area contributed by atoms with Crippen molar-refractivity contribution in [1.29, 1.82) is 0 Å². The van der Waals surface area contributed by atoms with E-state index in [-0.39, 0.29) is 16.4 Å². The molecule has 0 saturated heterocycles. The van der Waals surface area contributed by atoms with Gasteiger partial charge in [0.2, 0.25) is 5.91 Å². The third-order valence-electron chi connectivity index (χ3n) is 3.06. The molecule has 2 amide bonds. The van der Waals surface area contributed by atoms with Gasteiger partial charge in [0, 0.05) is 18.2 Å². The van der Waals surface area contributed by atoms with E-state index >= 15 is 0 Å². The summed E-state index contributed by atoms with van der Waals surface area (Å²) in [5.41, 5.74) is 1.09. The van der Waals surface area contributed by atoms with Crippen molar-refractivity contribution in [2.45, 2.75) is 18.7 Å². The molecule has 0 aliphatic heterocycles. The predicted octanol–water partition coefficient (Wildman–Crippen LogP) is 2.07. The molecular formula is C16H16N2O4S. The molecule has 2 N–H and O–H groups in total. The third-order valence-corrected chi connectivity index (χ3v) is 4.55. The number of benzene rings is 2. The summed E-state index contributed by atoms with van der Waals surface area (Å²) in [4.78, 5) is 23.3. The minimum atomic E-state index is -3.96. The van der Waals surface area contributed by atoms with Crippen LogP contribution in [0.25, 0.3) is 0 Å². The molecule has 0 aliphatic rings. The van der Waals surface area contributed by atoms with Gasteiger partial charge in [0.25, 0.3) is 15.9 Å². The SMILES string of the molecule is CC(=O)Nc1cccc(C(=O)NS(=O)(=O)c2ccccc2C)c1. The highest BCUT2D eigenvalue weighted by Gasteiger charge is 2.20. The molecule has 0 heterocycles. The largest absolute Gasteiger partial charge is 0.326 e. The number of nitrogens with one attached hydrogen (secondary N) is 2. The van der Waals surface area contributed by atoms with Gasteiger partial charge < -0.3 is 5.32 Å². The number of carbonyl (C=O) groups excluding carboxylic acids is 2. The smallest absolute Gasteiger partial charge is 0.265 e. The Balaban J connectivity index is 2.25. The molecule has 0 unspecified atom stereocenters. The molecule has 0 radical (unpaired) electrons. The third kappa shape index (κ3) is 4.17. The summed E-state index contributed by atoms with van der Waals surface area (Å²) in [6.45, 7) is 2.99. The van der Waals surface area contributed by atoms with Crippen LogP contribution in [0.3, 0.4) is 0 Å². The molecule has 0 aromatic heterocycles. The van der Waals surface area contributed by atoms with Gasteiger partial charge in [-0.15, -0.1) is 0 Å². The molecule has 6 nitrogen and oxygen atoms in total. The van der Waals surface area contributed by atoms with E-state index < -0.39 is 15.9 Å². The van der Waals surface area contributed by atoms with Gasteiger partial charge in [0.15, 0.2) is 0 Å². The molecule has 23 heavy (non-hydrogen) atoms. The van der Waals surface area contributed by atoms with Crippen LogP contribution < -0.4 is 10.0 Å². The van der Waals surface area contributed by atoms with Crippen LogP contribution in [0.4, 0.5) is 5.69 Å². The van der Waals surface area contributed by atoms with E-state index in [4.69, 9.17) is 0 Å². The van der Waals surface area contributed by atoms with Crippen molar-refractivity contribution >= 4 is 27.5 Å². The second-order valence-corrected chi connectivity index (χ2v) is 6.61. The monoisotopic (exact) mass is 332 g/mol. The Labute approximate surface area is 134 Å². The van der Waals surface area contributed by atoms with Crippen molar-refractivity contribution in [2.75, 3.05) is 5.32 Å². The molecule has 0 spiro atoms. The first-order chi connectivity index (χ1) is 10.8. The van der Waals surface area contributed by atoms with E-state index in [1.54, 1.807) is 37.3 Å². The zero-order chi connectivity index (χ0) is 17.0. The van der Waals surface area contributed by atoms with Crippen molar-refractivity contribution in [1.82, 2.24) is 4.72 Å². The molecule has 0 saturated carbocycles. The molecule has 2 rings (SSSR count). The maximum Gasteiger partial charge on any atom is 0.265 e. The lowest BCUT2D eigenvalue weighted by Crippen LogP contribution is -2.31. The minimum absolute atomic E-state index is 0.0476. The number of rotatable bonds is 4. The average molecular weight is 332 g/mol. The van der Waals surface area contributed by atoms with Gasteiger partial charge in [-0.1, -0.05) is 24.3 Å². The Morgan fingerprint density at radius 1 is 1.00 bits per heavy atom. The highest BCUT2D eigenvalue weighted by molar-refractivity contribution is 7.90. The average Bonchev–Trinajstić information content (AvgIpc) is 2.46. The van der Waals surface area contributed by atoms with E-state index in [0.29, 0.717) is 11.3 Å². The van der Waals surface area contributed by atoms with Crippen molar-refractivity contribution in [3.63, 3.8) is 0 Å². The molecule has 0 fully saturated rings. The quantitative estimate of drug-likeness (QED) is 0.896. The van der Waals surface area contributed by atoms with Crippen LogP contribution in [0.1, 0.15) is 22.8 Å². The Morgan fingerprint density at radius 3 is 2.35 bits per heavy atom. The number of aryl methyl sites for hydroxylation is 1. The number of anilines is 1. The van der Waals surface area contributed by atoms with Crippen LogP contribution in [0.2, 0.25) is 0 Å². The Bertz CT molecular complexity index is 860. The molecule has 0 atom stereocenters. The van der Waals surface area contributed by atoms with Gasteiger partial charge in [-0.2, -0.15) is 0 Å². The first kappa shape index (κ1) is 16.7. The van der Waals surface area contributed by atoms with Crippen molar-refractivity contribution in [2.24, 2.45) is 0 Å². The fraction of sp³-hybridized carbons (Fsp3) is 0.125. The van der Waals surface area contributed by atoms with Gasteiger partial charge >= 0.3 is 0 Å². The van der Waals surface area contributed by atoms with Crippen LogP contribution >= 0.6 is 0 Å². The standard InChI is InChI=1S/C16H16N2O4S/c1-11-6-3-4-9-15(11)23(21,22)18-16(20)13-7-5-8-14(10-13)17-12(2)19/h3-10H,1-2H3,(H,17,19)(H,18,20). The zero-order valence-corrected chi connectivity index (χ0v) is 13.5. The fourth-order valence-corrected chi connectivity index (χ4v) is 3.26. The zero-order valence-electron chi connectivity index (χ0n) is 12.7. The van der Waals surface area contributed by atoms with E-state index in [2.05, 4.69) is 5.32 Å². The number of sulfonamides is 1. The van der Waals surface area contributed by atoms with E-state index in [1.807, 2.05) is 4.72 Å². The highest BCUT2D eigenvalue weighted by Crippen LogP contribution is 2.15. The summed E-state index contributed by atoms with van der Waals surface area (Å²) in [5.74, 6) is -1.05. The summed E-state index contributed by atoms with van der Waals surface area (Å²) < 4.78 is 26.6. The number of amides is 2. The maximum atomic E-state index is 12.3. The summed E-state index contributed by atoms with van der Waals surface area (Å²) in [7, 11) is -3.96. The lowest BCUT2D eigenvalue weighted by Gasteiger charge is -2.10. The number of hydrogen-bond acceptors (Lipinski definition) is 4. The van der Waals surface area contributed by atoms with Crippen LogP contribution in [0.15, 0.2) is 53.4 Å². The molecular weight excluding hydrogens is 316 g/mol. The maximum absolute atomic E-state index is 12.3. The topological polar surface area (TPSA) is 92.3 Å². The first-order valence-corrected chi connectivity index (χ1v) is 8.28. The van der Waals surface area contributed by atoms with E-state index in [9.17, 15) is 18.0 Å².